The first-order chi connectivity index (χ1) is 16.4. The number of aryl methyl sites for hydroxylation is 1. The smallest absolute Gasteiger partial charge is 0.231 e. The first-order valence-corrected chi connectivity index (χ1v) is 10.8. The van der Waals surface area contributed by atoms with E-state index in [-0.39, 0.29) is 58.9 Å². The zero-order valence-electron chi connectivity index (χ0n) is 18.0. The van der Waals surface area contributed by atoms with Crippen LogP contribution < -0.4 is 10.2 Å². The molecule has 0 aliphatic carbocycles. The van der Waals surface area contributed by atoms with Crippen LogP contribution in [0.15, 0.2) is 48.9 Å². The summed E-state index contributed by atoms with van der Waals surface area (Å²) in [6.45, 7) is 0.167. The SMILES string of the molecule is Cn1nccc1Nc1nccc(-c2cc(F)c3c(c2F)CCN3C(=O)Cc2cccnc2Cl)n1. The van der Waals surface area contributed by atoms with Crippen LogP contribution in [0.2, 0.25) is 5.15 Å². The van der Waals surface area contributed by atoms with Gasteiger partial charge in [-0.15, -0.1) is 0 Å². The Morgan fingerprint density at radius 2 is 2.03 bits per heavy atom. The Hall–Kier alpha value is -3.92. The molecule has 0 atom stereocenters. The van der Waals surface area contributed by atoms with Crippen molar-refractivity contribution in [3.63, 3.8) is 0 Å². The lowest BCUT2D eigenvalue weighted by Gasteiger charge is -2.19. The van der Waals surface area contributed by atoms with E-state index < -0.39 is 11.6 Å². The van der Waals surface area contributed by atoms with Crippen LogP contribution in [0.25, 0.3) is 11.3 Å². The molecule has 0 unspecified atom stereocenters. The number of fused-ring (bicyclic) bond motifs is 1. The number of anilines is 3. The van der Waals surface area contributed by atoms with Gasteiger partial charge in [0.1, 0.15) is 22.6 Å². The van der Waals surface area contributed by atoms with Gasteiger partial charge in [0.25, 0.3) is 0 Å². The molecular weight excluding hydrogens is 464 g/mol. The highest BCUT2D eigenvalue weighted by molar-refractivity contribution is 6.30. The quantitative estimate of drug-likeness (QED) is 0.432. The van der Waals surface area contributed by atoms with Gasteiger partial charge in [-0.1, -0.05) is 17.7 Å². The zero-order valence-corrected chi connectivity index (χ0v) is 18.7. The molecule has 0 saturated heterocycles. The Kier molecular flexibility index (Phi) is 5.66. The normalized spacial score (nSPS) is 12.6. The van der Waals surface area contributed by atoms with Crippen molar-refractivity contribution in [2.75, 3.05) is 16.8 Å². The number of nitrogens with one attached hydrogen (secondary N) is 1. The standard InChI is InChI=1S/C23H18ClF2N7O/c1-32-18(5-9-29-32)31-23-28-8-4-17(30-23)15-12-16(25)21-14(20(15)26)6-10-33(21)19(34)11-13-3-2-7-27-22(13)24/h2-5,7-9,12H,6,10-11H2,1H3,(H,28,30,31). The van der Waals surface area contributed by atoms with Crippen molar-refractivity contribution < 1.29 is 13.6 Å². The molecule has 1 aromatic carbocycles. The minimum absolute atomic E-state index is 0.00342. The van der Waals surface area contributed by atoms with Crippen LogP contribution in [0.5, 0.6) is 0 Å². The first kappa shape index (κ1) is 21.9. The molecule has 0 saturated carbocycles. The number of carbonyl (C=O) groups is 1. The molecule has 11 heteroatoms. The molecule has 172 valence electrons. The van der Waals surface area contributed by atoms with Crippen molar-refractivity contribution >= 4 is 35.0 Å². The van der Waals surface area contributed by atoms with Crippen LogP contribution in [0.1, 0.15) is 11.1 Å². The monoisotopic (exact) mass is 481 g/mol. The van der Waals surface area contributed by atoms with Gasteiger partial charge in [-0.25, -0.2) is 23.7 Å². The summed E-state index contributed by atoms with van der Waals surface area (Å²) in [5.74, 6) is -0.845. The Morgan fingerprint density at radius 3 is 2.79 bits per heavy atom. The number of carbonyl (C=O) groups excluding carboxylic acids is 1. The third-order valence-corrected chi connectivity index (χ3v) is 5.95. The zero-order chi connectivity index (χ0) is 23.8. The predicted octanol–water partition coefficient (Wildman–Crippen LogP) is 4.08. The van der Waals surface area contributed by atoms with Crippen LogP contribution >= 0.6 is 11.6 Å². The number of aromatic nitrogens is 5. The van der Waals surface area contributed by atoms with E-state index in [0.717, 1.165) is 6.07 Å². The summed E-state index contributed by atoms with van der Waals surface area (Å²) in [6, 6.07) is 7.64. The second-order valence-electron chi connectivity index (χ2n) is 7.70. The molecule has 1 aliphatic heterocycles. The van der Waals surface area contributed by atoms with Gasteiger partial charge >= 0.3 is 0 Å². The van der Waals surface area contributed by atoms with Crippen LogP contribution in [-0.2, 0) is 24.7 Å². The van der Waals surface area contributed by atoms with Crippen LogP contribution in [0.4, 0.5) is 26.2 Å². The van der Waals surface area contributed by atoms with Gasteiger partial charge in [0.15, 0.2) is 0 Å². The lowest BCUT2D eigenvalue weighted by molar-refractivity contribution is -0.117. The van der Waals surface area contributed by atoms with Crippen molar-refractivity contribution in [3.05, 3.63) is 76.8 Å². The van der Waals surface area contributed by atoms with E-state index in [9.17, 15) is 4.79 Å². The summed E-state index contributed by atoms with van der Waals surface area (Å²) >= 11 is 6.05. The topological polar surface area (TPSA) is 88.8 Å². The van der Waals surface area contributed by atoms with Gasteiger partial charge in [0.2, 0.25) is 11.9 Å². The molecule has 0 radical (unpaired) electrons. The molecule has 0 fully saturated rings. The van der Waals surface area contributed by atoms with E-state index in [1.165, 1.54) is 23.4 Å². The third-order valence-electron chi connectivity index (χ3n) is 5.61. The van der Waals surface area contributed by atoms with E-state index in [2.05, 4.69) is 25.4 Å². The van der Waals surface area contributed by atoms with Crippen LogP contribution in [0.3, 0.4) is 0 Å². The van der Waals surface area contributed by atoms with Crippen molar-refractivity contribution in [1.82, 2.24) is 24.7 Å². The molecule has 5 rings (SSSR count). The number of nitrogens with zero attached hydrogens (tertiary/aromatic N) is 6. The van der Waals surface area contributed by atoms with Crippen molar-refractivity contribution in [2.24, 2.45) is 7.05 Å². The van der Waals surface area contributed by atoms with Crippen LogP contribution in [-0.4, -0.2) is 37.2 Å². The highest BCUT2D eigenvalue weighted by Crippen LogP contribution is 2.38. The molecule has 8 nitrogen and oxygen atoms in total. The lowest BCUT2D eigenvalue weighted by atomic mass is 10.0. The van der Waals surface area contributed by atoms with E-state index >= 15 is 8.78 Å². The average Bonchev–Trinajstić information content (AvgIpc) is 3.45. The summed E-state index contributed by atoms with van der Waals surface area (Å²) in [7, 11) is 1.75. The maximum absolute atomic E-state index is 15.5. The van der Waals surface area contributed by atoms with E-state index in [4.69, 9.17) is 11.6 Å². The first-order valence-electron chi connectivity index (χ1n) is 10.4. The van der Waals surface area contributed by atoms with E-state index in [1.54, 1.807) is 36.1 Å². The summed E-state index contributed by atoms with van der Waals surface area (Å²) in [4.78, 5) is 26.6. The molecule has 4 aromatic rings. The number of benzene rings is 1. The summed E-state index contributed by atoms with van der Waals surface area (Å²) in [5.41, 5.74) is 0.825. The number of hydrogen-bond donors (Lipinski definition) is 1. The van der Waals surface area contributed by atoms with Gasteiger partial charge in [0.05, 0.1) is 24.0 Å². The number of halogens is 3. The molecule has 1 aliphatic rings. The Morgan fingerprint density at radius 1 is 1.18 bits per heavy atom. The maximum atomic E-state index is 15.5. The molecule has 3 aromatic heterocycles. The molecule has 0 spiro atoms. The van der Waals surface area contributed by atoms with E-state index in [0.29, 0.717) is 11.4 Å². The largest absolute Gasteiger partial charge is 0.309 e. The number of amides is 1. The van der Waals surface area contributed by atoms with Gasteiger partial charge in [-0.3, -0.25) is 9.48 Å². The lowest BCUT2D eigenvalue weighted by Crippen LogP contribution is -2.31. The maximum Gasteiger partial charge on any atom is 0.231 e. The molecule has 0 bridgehead atoms. The molecule has 34 heavy (non-hydrogen) atoms. The minimum atomic E-state index is -0.700. The number of pyridine rings is 1. The fraction of sp³-hybridized carbons (Fsp3) is 0.174. The predicted molar refractivity (Wildman–Crippen MR) is 123 cm³/mol. The van der Waals surface area contributed by atoms with E-state index in [1.807, 2.05) is 0 Å². The summed E-state index contributed by atoms with van der Waals surface area (Å²) in [6.07, 6.45) is 4.70. The minimum Gasteiger partial charge on any atom is -0.309 e. The summed E-state index contributed by atoms with van der Waals surface area (Å²) in [5, 5.41) is 7.25. The Bertz CT molecular complexity index is 1410. The number of rotatable bonds is 5. The second-order valence-corrected chi connectivity index (χ2v) is 8.06. The Labute approximate surface area is 198 Å². The molecule has 1 amide bonds. The highest BCUT2D eigenvalue weighted by Gasteiger charge is 2.32. The average molecular weight is 482 g/mol. The molecular formula is C23H18ClF2N7O. The van der Waals surface area contributed by atoms with Gasteiger partial charge < -0.3 is 10.2 Å². The number of hydrogen-bond acceptors (Lipinski definition) is 6. The molecule has 1 N–H and O–H groups in total. The van der Waals surface area contributed by atoms with Crippen molar-refractivity contribution in [3.8, 4) is 11.3 Å². The van der Waals surface area contributed by atoms with Gasteiger partial charge in [0, 0.05) is 43.2 Å². The third kappa shape index (κ3) is 3.96. The van der Waals surface area contributed by atoms with Crippen molar-refractivity contribution in [1.29, 1.82) is 0 Å². The van der Waals surface area contributed by atoms with Gasteiger partial charge in [-0.2, -0.15) is 5.10 Å². The fourth-order valence-corrected chi connectivity index (χ4v) is 4.14. The highest BCUT2D eigenvalue weighted by atomic mass is 35.5. The van der Waals surface area contributed by atoms with Crippen molar-refractivity contribution in [2.45, 2.75) is 12.8 Å². The van der Waals surface area contributed by atoms with Gasteiger partial charge in [-0.05, 0) is 30.2 Å². The van der Waals surface area contributed by atoms with Crippen LogP contribution in [0, 0.1) is 11.6 Å². The fourth-order valence-electron chi connectivity index (χ4n) is 3.95. The second kappa shape index (κ2) is 8.79. The Balaban J connectivity index is 1.45. The summed E-state index contributed by atoms with van der Waals surface area (Å²) < 4.78 is 32.3. The molecule has 4 heterocycles.